The van der Waals surface area contributed by atoms with E-state index in [0.717, 1.165) is 6.42 Å². The van der Waals surface area contributed by atoms with E-state index in [-0.39, 0.29) is 0 Å². The Kier molecular flexibility index (Phi) is 3.53. The summed E-state index contributed by atoms with van der Waals surface area (Å²) < 4.78 is 0. The summed E-state index contributed by atoms with van der Waals surface area (Å²) in [6.45, 7) is 9.04. The standard InChI is InChI=1S/C13H20/c1-5-10(3)13-9-7-8-12(6-2)11(13)4/h7-10H,5-6H2,1-4H3. The molecule has 0 spiro atoms. The van der Waals surface area contributed by atoms with Crippen LogP contribution in [0.3, 0.4) is 0 Å². The van der Waals surface area contributed by atoms with Crippen LogP contribution < -0.4 is 0 Å². The molecule has 1 atom stereocenters. The average Bonchev–Trinajstić information content (AvgIpc) is 2.17. The van der Waals surface area contributed by atoms with Crippen LogP contribution >= 0.6 is 0 Å². The summed E-state index contributed by atoms with van der Waals surface area (Å²) in [7, 11) is 0. The largest absolute Gasteiger partial charge is 0.0648 e. The number of aryl methyl sites for hydroxylation is 1. The summed E-state index contributed by atoms with van der Waals surface area (Å²) in [4.78, 5) is 0. The van der Waals surface area contributed by atoms with Gasteiger partial charge in [-0.2, -0.15) is 0 Å². The summed E-state index contributed by atoms with van der Waals surface area (Å²) in [5.41, 5.74) is 4.53. The van der Waals surface area contributed by atoms with E-state index in [1.807, 2.05) is 0 Å². The Balaban J connectivity index is 3.08. The molecule has 0 bridgehead atoms. The van der Waals surface area contributed by atoms with Gasteiger partial charge < -0.3 is 0 Å². The van der Waals surface area contributed by atoms with Crippen molar-refractivity contribution in [2.75, 3.05) is 0 Å². The Hall–Kier alpha value is -0.780. The summed E-state index contributed by atoms with van der Waals surface area (Å²) in [5, 5.41) is 0. The Bertz CT molecular complexity index is 273. The zero-order valence-electron chi connectivity index (χ0n) is 9.22. The number of hydrogen-bond donors (Lipinski definition) is 0. The van der Waals surface area contributed by atoms with Gasteiger partial charge in [-0.05, 0) is 42.4 Å². The van der Waals surface area contributed by atoms with Crippen LogP contribution in [0, 0.1) is 6.92 Å². The first-order chi connectivity index (χ1) is 6.20. The summed E-state index contributed by atoms with van der Waals surface area (Å²) >= 11 is 0. The van der Waals surface area contributed by atoms with Gasteiger partial charge in [0.2, 0.25) is 0 Å². The number of hydrogen-bond acceptors (Lipinski definition) is 0. The average molecular weight is 176 g/mol. The molecule has 1 aromatic rings. The Morgan fingerprint density at radius 2 is 1.92 bits per heavy atom. The maximum atomic E-state index is 2.31. The highest BCUT2D eigenvalue weighted by Gasteiger charge is 2.07. The zero-order chi connectivity index (χ0) is 9.84. The van der Waals surface area contributed by atoms with Crippen molar-refractivity contribution in [2.24, 2.45) is 0 Å². The third-order valence-corrected chi connectivity index (χ3v) is 3.01. The molecule has 0 heterocycles. The molecule has 0 N–H and O–H groups in total. The first kappa shape index (κ1) is 10.3. The van der Waals surface area contributed by atoms with Crippen molar-refractivity contribution in [3.05, 3.63) is 34.9 Å². The molecule has 1 rings (SSSR count). The normalized spacial score (nSPS) is 12.9. The van der Waals surface area contributed by atoms with Gasteiger partial charge in [-0.15, -0.1) is 0 Å². The van der Waals surface area contributed by atoms with Gasteiger partial charge in [-0.25, -0.2) is 0 Å². The molecule has 0 fully saturated rings. The van der Waals surface area contributed by atoms with E-state index < -0.39 is 0 Å². The second-order valence-electron chi connectivity index (χ2n) is 3.79. The molecule has 0 saturated carbocycles. The second-order valence-corrected chi connectivity index (χ2v) is 3.79. The zero-order valence-corrected chi connectivity index (χ0v) is 9.22. The Morgan fingerprint density at radius 1 is 1.23 bits per heavy atom. The van der Waals surface area contributed by atoms with Crippen molar-refractivity contribution in [3.8, 4) is 0 Å². The minimum atomic E-state index is 0.700. The molecule has 1 aromatic carbocycles. The molecule has 0 aromatic heterocycles. The molecular weight excluding hydrogens is 156 g/mol. The highest BCUT2D eigenvalue weighted by molar-refractivity contribution is 5.36. The van der Waals surface area contributed by atoms with Crippen LogP contribution in [-0.2, 0) is 6.42 Å². The van der Waals surface area contributed by atoms with Crippen molar-refractivity contribution >= 4 is 0 Å². The van der Waals surface area contributed by atoms with Gasteiger partial charge in [0.1, 0.15) is 0 Å². The van der Waals surface area contributed by atoms with Crippen molar-refractivity contribution < 1.29 is 0 Å². The monoisotopic (exact) mass is 176 g/mol. The molecule has 0 radical (unpaired) electrons. The first-order valence-corrected chi connectivity index (χ1v) is 5.29. The summed E-state index contributed by atoms with van der Waals surface area (Å²) in [6.07, 6.45) is 2.38. The van der Waals surface area contributed by atoms with E-state index in [0.29, 0.717) is 5.92 Å². The van der Waals surface area contributed by atoms with Gasteiger partial charge in [-0.1, -0.05) is 39.0 Å². The van der Waals surface area contributed by atoms with Crippen LogP contribution in [0.5, 0.6) is 0 Å². The quantitative estimate of drug-likeness (QED) is 0.651. The fraction of sp³-hybridized carbons (Fsp3) is 0.538. The van der Waals surface area contributed by atoms with Gasteiger partial charge in [-0.3, -0.25) is 0 Å². The molecule has 0 amide bonds. The lowest BCUT2D eigenvalue weighted by Gasteiger charge is -2.15. The summed E-state index contributed by atoms with van der Waals surface area (Å²) in [5.74, 6) is 0.700. The lowest BCUT2D eigenvalue weighted by Crippen LogP contribution is -1.98. The van der Waals surface area contributed by atoms with E-state index in [2.05, 4.69) is 45.9 Å². The molecular formula is C13H20. The van der Waals surface area contributed by atoms with Crippen LogP contribution in [0.15, 0.2) is 18.2 Å². The summed E-state index contributed by atoms with van der Waals surface area (Å²) in [6, 6.07) is 6.69. The number of rotatable bonds is 3. The van der Waals surface area contributed by atoms with Crippen molar-refractivity contribution in [1.82, 2.24) is 0 Å². The van der Waals surface area contributed by atoms with Crippen LogP contribution in [-0.4, -0.2) is 0 Å². The van der Waals surface area contributed by atoms with Gasteiger partial charge in [0, 0.05) is 0 Å². The smallest absolute Gasteiger partial charge is 0.0190 e. The molecule has 0 aliphatic rings. The second kappa shape index (κ2) is 4.45. The van der Waals surface area contributed by atoms with Crippen LogP contribution in [0.25, 0.3) is 0 Å². The van der Waals surface area contributed by atoms with E-state index in [9.17, 15) is 0 Å². The van der Waals surface area contributed by atoms with Crippen LogP contribution in [0.1, 0.15) is 49.8 Å². The fourth-order valence-electron chi connectivity index (χ4n) is 1.84. The maximum absolute atomic E-state index is 2.31. The van der Waals surface area contributed by atoms with E-state index in [1.54, 1.807) is 0 Å². The SMILES string of the molecule is CCc1cccc(C(C)CC)c1C. The minimum absolute atomic E-state index is 0.700. The molecule has 72 valence electrons. The molecule has 0 heteroatoms. The van der Waals surface area contributed by atoms with E-state index >= 15 is 0 Å². The first-order valence-electron chi connectivity index (χ1n) is 5.29. The Morgan fingerprint density at radius 3 is 2.46 bits per heavy atom. The molecule has 0 saturated heterocycles. The van der Waals surface area contributed by atoms with Gasteiger partial charge in [0.25, 0.3) is 0 Å². The van der Waals surface area contributed by atoms with Gasteiger partial charge >= 0.3 is 0 Å². The van der Waals surface area contributed by atoms with Crippen LogP contribution in [0.2, 0.25) is 0 Å². The number of benzene rings is 1. The lowest BCUT2D eigenvalue weighted by molar-refractivity contribution is 0.726. The van der Waals surface area contributed by atoms with E-state index in [4.69, 9.17) is 0 Å². The fourth-order valence-corrected chi connectivity index (χ4v) is 1.84. The third-order valence-electron chi connectivity index (χ3n) is 3.01. The van der Waals surface area contributed by atoms with E-state index in [1.165, 1.54) is 23.1 Å². The predicted octanol–water partition coefficient (Wildman–Crippen LogP) is 4.07. The topological polar surface area (TPSA) is 0 Å². The van der Waals surface area contributed by atoms with Crippen molar-refractivity contribution in [3.63, 3.8) is 0 Å². The van der Waals surface area contributed by atoms with Crippen LogP contribution in [0.4, 0.5) is 0 Å². The third kappa shape index (κ3) is 2.12. The molecule has 0 aliphatic heterocycles. The highest BCUT2D eigenvalue weighted by Crippen LogP contribution is 2.24. The maximum Gasteiger partial charge on any atom is -0.0190 e. The van der Waals surface area contributed by atoms with Gasteiger partial charge in [0.15, 0.2) is 0 Å². The van der Waals surface area contributed by atoms with Gasteiger partial charge in [0.05, 0.1) is 0 Å². The molecule has 1 unspecified atom stereocenters. The predicted molar refractivity (Wildman–Crippen MR) is 59.3 cm³/mol. The molecule has 0 nitrogen and oxygen atoms in total. The highest BCUT2D eigenvalue weighted by atomic mass is 14.1. The van der Waals surface area contributed by atoms with Crippen molar-refractivity contribution in [1.29, 1.82) is 0 Å². The molecule has 13 heavy (non-hydrogen) atoms. The Labute approximate surface area is 82.0 Å². The van der Waals surface area contributed by atoms with Crippen molar-refractivity contribution in [2.45, 2.75) is 46.5 Å². The minimum Gasteiger partial charge on any atom is -0.0648 e. The molecule has 0 aliphatic carbocycles. The lowest BCUT2D eigenvalue weighted by atomic mass is 9.91.